The van der Waals surface area contributed by atoms with Gasteiger partial charge in [0, 0.05) is 23.5 Å². The Morgan fingerprint density at radius 2 is 2.04 bits per heavy atom. The number of phenolic OH excluding ortho intramolecular Hbond substituents is 1. The molecule has 0 radical (unpaired) electrons. The fourth-order valence-electron chi connectivity index (χ4n) is 2.54. The van der Waals surface area contributed by atoms with E-state index in [1.165, 1.54) is 0 Å². The molecule has 8 heteroatoms. The lowest BCUT2D eigenvalue weighted by Gasteiger charge is -2.21. The highest BCUT2D eigenvalue weighted by Crippen LogP contribution is 2.48. The minimum atomic E-state index is -3.98. The van der Waals surface area contributed by atoms with Crippen LogP contribution in [0.5, 0.6) is 17.2 Å². The van der Waals surface area contributed by atoms with E-state index in [0.29, 0.717) is 42.0 Å². The maximum Gasteiger partial charge on any atom is 0.395 e. The fourth-order valence-corrected chi connectivity index (χ4v) is 3.46. The van der Waals surface area contributed by atoms with E-state index in [4.69, 9.17) is 9.26 Å². The van der Waals surface area contributed by atoms with Crippen molar-refractivity contribution in [3.63, 3.8) is 0 Å². The van der Waals surface area contributed by atoms with Crippen molar-refractivity contribution in [3.8, 4) is 17.2 Å². The number of pyridine rings is 1. The number of aromatic nitrogens is 1. The van der Waals surface area contributed by atoms with Crippen LogP contribution >= 0.6 is 7.60 Å². The van der Waals surface area contributed by atoms with E-state index in [1.807, 2.05) is 20.8 Å². The second-order valence-electron chi connectivity index (χ2n) is 5.64. The molecule has 1 atom stereocenters. The molecule has 0 saturated heterocycles. The standard InChI is InChI=1S/C18H25N2O5P/c1-4-13-10-16(15(5-2)18(17(13)21)24-6-3)25-26(22,23)12-20-14-8-7-9-19-11-14/h7-11,20-21H,4-6,12H2,1-3H3,(H,22,23). The van der Waals surface area contributed by atoms with Gasteiger partial charge in [0.25, 0.3) is 0 Å². The molecule has 0 saturated carbocycles. The topological polar surface area (TPSA) is 101 Å². The zero-order valence-electron chi connectivity index (χ0n) is 15.2. The number of aryl methyl sites for hydroxylation is 1. The summed E-state index contributed by atoms with van der Waals surface area (Å²) in [7, 11) is -3.98. The summed E-state index contributed by atoms with van der Waals surface area (Å²) < 4.78 is 23.6. The molecule has 0 amide bonds. The van der Waals surface area contributed by atoms with Gasteiger partial charge in [-0.2, -0.15) is 0 Å². The van der Waals surface area contributed by atoms with Crippen LogP contribution in [0.25, 0.3) is 0 Å². The Balaban J connectivity index is 2.28. The van der Waals surface area contributed by atoms with Crippen LogP contribution < -0.4 is 14.6 Å². The number of nitrogens with one attached hydrogen (secondary N) is 1. The Morgan fingerprint density at radius 1 is 1.27 bits per heavy atom. The zero-order chi connectivity index (χ0) is 19.2. The lowest BCUT2D eigenvalue weighted by molar-refractivity contribution is 0.310. The monoisotopic (exact) mass is 380 g/mol. The molecule has 0 spiro atoms. The lowest BCUT2D eigenvalue weighted by Crippen LogP contribution is -2.08. The number of benzene rings is 1. The summed E-state index contributed by atoms with van der Waals surface area (Å²) in [6, 6.07) is 5.07. The van der Waals surface area contributed by atoms with Gasteiger partial charge in [-0.3, -0.25) is 4.98 Å². The van der Waals surface area contributed by atoms with Gasteiger partial charge in [-0.05, 0) is 38.0 Å². The first-order chi connectivity index (χ1) is 12.4. The number of anilines is 1. The van der Waals surface area contributed by atoms with Crippen LogP contribution in [0, 0.1) is 0 Å². The molecule has 0 aliphatic rings. The van der Waals surface area contributed by atoms with Crippen LogP contribution in [-0.2, 0) is 17.4 Å². The Labute approximate surface area is 153 Å². The summed E-state index contributed by atoms with van der Waals surface area (Å²) >= 11 is 0. The molecule has 2 rings (SSSR count). The van der Waals surface area contributed by atoms with Crippen molar-refractivity contribution in [2.45, 2.75) is 33.6 Å². The Bertz CT molecular complexity index is 783. The molecule has 7 nitrogen and oxygen atoms in total. The predicted octanol–water partition coefficient (Wildman–Crippen LogP) is 3.94. The predicted molar refractivity (Wildman–Crippen MR) is 101 cm³/mol. The highest BCUT2D eigenvalue weighted by molar-refractivity contribution is 7.53. The van der Waals surface area contributed by atoms with Crippen molar-refractivity contribution >= 4 is 13.3 Å². The average Bonchev–Trinajstić information content (AvgIpc) is 2.63. The van der Waals surface area contributed by atoms with Gasteiger partial charge in [0.15, 0.2) is 11.5 Å². The van der Waals surface area contributed by atoms with E-state index in [2.05, 4.69) is 10.3 Å². The number of phenols is 1. The molecular weight excluding hydrogens is 355 g/mol. The second kappa shape index (κ2) is 8.92. The van der Waals surface area contributed by atoms with Gasteiger partial charge in [-0.1, -0.05) is 13.8 Å². The lowest BCUT2D eigenvalue weighted by atomic mass is 10.0. The maximum atomic E-state index is 12.5. The van der Waals surface area contributed by atoms with Crippen molar-refractivity contribution in [1.82, 2.24) is 4.98 Å². The SMILES string of the molecule is CCOc1c(O)c(CC)cc(OP(=O)(O)CNc2cccnc2)c1CC. The van der Waals surface area contributed by atoms with E-state index in [9.17, 15) is 14.6 Å². The number of ether oxygens (including phenoxy) is 1. The van der Waals surface area contributed by atoms with Crippen molar-refractivity contribution in [1.29, 1.82) is 0 Å². The smallest absolute Gasteiger partial charge is 0.395 e. The molecule has 0 bridgehead atoms. The first-order valence-electron chi connectivity index (χ1n) is 8.57. The van der Waals surface area contributed by atoms with Gasteiger partial charge in [-0.25, -0.2) is 4.57 Å². The molecule has 0 fully saturated rings. The molecule has 2 aromatic rings. The molecule has 142 valence electrons. The van der Waals surface area contributed by atoms with E-state index >= 15 is 0 Å². The molecule has 0 aliphatic heterocycles. The van der Waals surface area contributed by atoms with Crippen molar-refractivity contribution in [2.75, 3.05) is 18.2 Å². The summed E-state index contributed by atoms with van der Waals surface area (Å²) in [5.41, 5.74) is 1.79. The van der Waals surface area contributed by atoms with Gasteiger partial charge in [0.05, 0.1) is 12.3 Å². The van der Waals surface area contributed by atoms with Crippen LogP contribution in [0.4, 0.5) is 5.69 Å². The summed E-state index contributed by atoms with van der Waals surface area (Å²) in [5, 5.41) is 13.2. The van der Waals surface area contributed by atoms with E-state index in [1.54, 1.807) is 30.6 Å². The number of nitrogens with zero attached hydrogens (tertiary/aromatic N) is 1. The highest BCUT2D eigenvalue weighted by atomic mass is 31.2. The normalized spacial score (nSPS) is 13.1. The van der Waals surface area contributed by atoms with Gasteiger partial charge >= 0.3 is 7.60 Å². The Hall–Kier alpha value is -2.24. The average molecular weight is 380 g/mol. The second-order valence-corrected chi connectivity index (χ2v) is 7.41. The van der Waals surface area contributed by atoms with Gasteiger partial charge in [0.1, 0.15) is 12.0 Å². The molecule has 0 aliphatic carbocycles. The van der Waals surface area contributed by atoms with Crippen LogP contribution in [0.2, 0.25) is 0 Å². The number of hydrogen-bond acceptors (Lipinski definition) is 6. The largest absolute Gasteiger partial charge is 0.504 e. The summed E-state index contributed by atoms with van der Waals surface area (Å²) in [5.74, 6) is 0.619. The molecule has 1 aromatic heterocycles. The van der Waals surface area contributed by atoms with Crippen LogP contribution in [-0.4, -0.2) is 27.9 Å². The summed E-state index contributed by atoms with van der Waals surface area (Å²) in [4.78, 5) is 14.2. The number of hydrogen-bond donors (Lipinski definition) is 3. The molecule has 1 unspecified atom stereocenters. The van der Waals surface area contributed by atoms with Crippen LogP contribution in [0.3, 0.4) is 0 Å². The Kier molecular flexibility index (Phi) is 6.89. The molecular formula is C18H25N2O5P. The van der Waals surface area contributed by atoms with Crippen molar-refractivity contribution in [2.24, 2.45) is 0 Å². The highest BCUT2D eigenvalue weighted by Gasteiger charge is 2.26. The molecule has 3 N–H and O–H groups in total. The number of rotatable bonds is 9. The third-order valence-electron chi connectivity index (χ3n) is 3.80. The summed E-state index contributed by atoms with van der Waals surface area (Å²) in [6.45, 7) is 5.92. The first-order valence-corrected chi connectivity index (χ1v) is 10.3. The van der Waals surface area contributed by atoms with Crippen molar-refractivity contribution in [3.05, 3.63) is 41.7 Å². The Morgan fingerprint density at radius 3 is 2.62 bits per heavy atom. The van der Waals surface area contributed by atoms with Gasteiger partial charge < -0.3 is 24.6 Å². The van der Waals surface area contributed by atoms with Crippen LogP contribution in [0.15, 0.2) is 30.6 Å². The minimum Gasteiger partial charge on any atom is -0.504 e. The fraction of sp³-hybridized carbons (Fsp3) is 0.389. The quantitative estimate of drug-likeness (QED) is 0.566. The zero-order valence-corrected chi connectivity index (χ0v) is 16.1. The third kappa shape index (κ3) is 4.90. The summed E-state index contributed by atoms with van der Waals surface area (Å²) in [6.07, 6.45) is 3.93. The van der Waals surface area contributed by atoms with Gasteiger partial charge in [-0.15, -0.1) is 0 Å². The van der Waals surface area contributed by atoms with E-state index in [0.717, 1.165) is 0 Å². The maximum absolute atomic E-state index is 12.5. The molecule has 26 heavy (non-hydrogen) atoms. The van der Waals surface area contributed by atoms with Crippen LogP contribution in [0.1, 0.15) is 31.9 Å². The molecule has 1 heterocycles. The van der Waals surface area contributed by atoms with Gasteiger partial charge in [0.2, 0.25) is 0 Å². The number of aromatic hydroxyl groups is 1. The van der Waals surface area contributed by atoms with Crippen molar-refractivity contribution < 1.29 is 23.8 Å². The minimum absolute atomic E-state index is 0.0554. The third-order valence-corrected chi connectivity index (χ3v) is 4.84. The first kappa shape index (κ1) is 20.1. The van der Waals surface area contributed by atoms with E-state index in [-0.39, 0.29) is 17.8 Å². The van der Waals surface area contributed by atoms with E-state index < -0.39 is 7.60 Å². The molecule has 1 aromatic carbocycles.